The van der Waals surface area contributed by atoms with Gasteiger partial charge in [0, 0.05) is 0 Å². The summed E-state index contributed by atoms with van der Waals surface area (Å²) in [5, 5.41) is 9.66. The molecule has 1 N–H and O–H groups in total. The van der Waals surface area contributed by atoms with E-state index in [4.69, 9.17) is 0 Å². The van der Waals surface area contributed by atoms with Crippen molar-refractivity contribution in [3.8, 4) is 5.75 Å². The Kier molecular flexibility index (Phi) is 9.12. The van der Waals surface area contributed by atoms with E-state index in [9.17, 15) is 5.11 Å². The zero-order valence-corrected chi connectivity index (χ0v) is 15.0. The second kappa shape index (κ2) is 10.9. The number of aryl methyl sites for hydroxylation is 2. The van der Waals surface area contributed by atoms with Crippen LogP contribution < -0.4 is 0 Å². The van der Waals surface area contributed by atoms with Crippen molar-refractivity contribution in [1.29, 1.82) is 0 Å². The lowest BCUT2D eigenvalue weighted by Gasteiger charge is -2.18. The molecule has 0 spiro atoms. The molecule has 23 heavy (non-hydrogen) atoms. The maximum Gasteiger partial charge on any atom is 0.118 e. The minimum atomic E-state index is 0.387. The maximum atomic E-state index is 9.66. The molecule has 0 fully saturated rings. The van der Waals surface area contributed by atoms with Crippen LogP contribution in [0.15, 0.2) is 54.7 Å². The van der Waals surface area contributed by atoms with Gasteiger partial charge in [-0.1, -0.05) is 49.8 Å². The number of unbranched alkanes of at least 4 members (excludes halogenated alkanes) is 1. The Hall–Kier alpha value is -1.76. The van der Waals surface area contributed by atoms with Crippen molar-refractivity contribution in [3.05, 3.63) is 65.8 Å². The molecule has 1 atom stereocenters. The number of benzene rings is 1. The largest absolute Gasteiger partial charge is 0.508 e. The van der Waals surface area contributed by atoms with Crippen LogP contribution in [-0.2, 0) is 6.42 Å². The lowest BCUT2D eigenvalue weighted by molar-refractivity contribution is 0.470. The van der Waals surface area contributed by atoms with Crippen LogP contribution in [0.4, 0.5) is 0 Å². The summed E-state index contributed by atoms with van der Waals surface area (Å²) in [6.07, 6.45) is 15.5. The van der Waals surface area contributed by atoms with E-state index in [-0.39, 0.29) is 0 Å². The van der Waals surface area contributed by atoms with Crippen molar-refractivity contribution < 1.29 is 5.11 Å². The van der Waals surface area contributed by atoms with Gasteiger partial charge in [0.1, 0.15) is 5.75 Å². The summed E-state index contributed by atoms with van der Waals surface area (Å²) >= 11 is 0. The van der Waals surface area contributed by atoms with E-state index in [1.165, 1.54) is 24.0 Å². The molecule has 1 aromatic carbocycles. The zero-order valence-electron chi connectivity index (χ0n) is 15.0. The Morgan fingerprint density at radius 1 is 1.26 bits per heavy atom. The minimum absolute atomic E-state index is 0.387. The standard InChI is InChI=1S/C22H32O/c1-5-8-9-12-20(10-6-2)21(11-7-3)15-13-19-14-16-22(23)18(4)17-19/h5-6,10,12,14,16-17,21,23H,1,7-9,11,13,15H2,2-4H3/b10-6-,20-12+. The molecule has 0 radical (unpaired) electrons. The van der Waals surface area contributed by atoms with Gasteiger partial charge in [0.05, 0.1) is 0 Å². The topological polar surface area (TPSA) is 20.2 Å². The van der Waals surface area contributed by atoms with Gasteiger partial charge in [-0.05, 0) is 74.6 Å². The van der Waals surface area contributed by atoms with Gasteiger partial charge in [-0.3, -0.25) is 0 Å². The molecule has 1 rings (SSSR count). The molecular weight excluding hydrogens is 280 g/mol. The first-order valence-corrected chi connectivity index (χ1v) is 8.84. The highest BCUT2D eigenvalue weighted by Crippen LogP contribution is 2.26. The van der Waals surface area contributed by atoms with Crippen LogP contribution in [0.2, 0.25) is 0 Å². The summed E-state index contributed by atoms with van der Waals surface area (Å²) in [6, 6.07) is 5.96. The van der Waals surface area contributed by atoms with Gasteiger partial charge in [-0.2, -0.15) is 0 Å². The van der Waals surface area contributed by atoms with Crippen LogP contribution in [0.5, 0.6) is 5.75 Å². The Morgan fingerprint density at radius 2 is 2.04 bits per heavy atom. The van der Waals surface area contributed by atoms with Crippen molar-refractivity contribution in [2.24, 2.45) is 5.92 Å². The summed E-state index contributed by atoms with van der Waals surface area (Å²) in [7, 11) is 0. The fraction of sp³-hybridized carbons (Fsp3) is 0.455. The van der Waals surface area contributed by atoms with E-state index in [2.05, 4.69) is 44.7 Å². The minimum Gasteiger partial charge on any atom is -0.508 e. The molecule has 1 nitrogen and oxygen atoms in total. The number of allylic oxidation sites excluding steroid dienone is 5. The normalized spacial score (nSPS) is 13.4. The number of aromatic hydroxyl groups is 1. The zero-order chi connectivity index (χ0) is 17.1. The average Bonchev–Trinajstić information content (AvgIpc) is 2.54. The van der Waals surface area contributed by atoms with Gasteiger partial charge in [0.2, 0.25) is 0 Å². The van der Waals surface area contributed by atoms with E-state index in [0.29, 0.717) is 11.7 Å². The third-order valence-corrected chi connectivity index (χ3v) is 4.26. The van der Waals surface area contributed by atoms with Crippen molar-refractivity contribution in [3.63, 3.8) is 0 Å². The summed E-state index contributed by atoms with van der Waals surface area (Å²) < 4.78 is 0. The number of hydrogen-bond acceptors (Lipinski definition) is 1. The first kappa shape index (κ1) is 19.3. The Morgan fingerprint density at radius 3 is 2.65 bits per heavy atom. The summed E-state index contributed by atoms with van der Waals surface area (Å²) in [5.41, 5.74) is 3.74. The molecule has 1 aromatic rings. The third kappa shape index (κ3) is 6.90. The molecule has 0 saturated heterocycles. The number of hydrogen-bond donors (Lipinski definition) is 1. The highest BCUT2D eigenvalue weighted by molar-refractivity contribution is 5.35. The predicted octanol–water partition coefficient (Wildman–Crippen LogP) is 6.52. The second-order valence-corrected chi connectivity index (χ2v) is 6.22. The Bertz CT molecular complexity index is 537. The molecule has 0 aliphatic heterocycles. The molecule has 0 amide bonds. The second-order valence-electron chi connectivity index (χ2n) is 6.22. The van der Waals surface area contributed by atoms with E-state index in [1.54, 1.807) is 0 Å². The van der Waals surface area contributed by atoms with Crippen LogP contribution in [0.25, 0.3) is 0 Å². The van der Waals surface area contributed by atoms with Gasteiger partial charge in [-0.15, -0.1) is 6.58 Å². The van der Waals surface area contributed by atoms with Gasteiger partial charge in [0.15, 0.2) is 0 Å². The lowest BCUT2D eigenvalue weighted by atomic mass is 9.87. The first-order chi connectivity index (χ1) is 11.1. The fourth-order valence-electron chi connectivity index (χ4n) is 2.97. The van der Waals surface area contributed by atoms with Gasteiger partial charge in [-0.25, -0.2) is 0 Å². The highest BCUT2D eigenvalue weighted by Gasteiger charge is 2.12. The number of rotatable bonds is 10. The van der Waals surface area contributed by atoms with Crippen molar-refractivity contribution in [2.75, 3.05) is 0 Å². The molecule has 0 saturated carbocycles. The molecule has 1 unspecified atom stereocenters. The maximum absolute atomic E-state index is 9.66. The Balaban J connectivity index is 2.79. The Labute approximate surface area is 142 Å². The van der Waals surface area contributed by atoms with Crippen molar-refractivity contribution in [2.45, 2.75) is 59.3 Å². The van der Waals surface area contributed by atoms with Crippen molar-refractivity contribution in [1.82, 2.24) is 0 Å². The molecule has 0 bridgehead atoms. The molecular formula is C22H32O. The van der Waals surface area contributed by atoms with E-state index < -0.39 is 0 Å². The van der Waals surface area contributed by atoms with Crippen LogP contribution in [0.1, 0.15) is 57.1 Å². The van der Waals surface area contributed by atoms with E-state index >= 15 is 0 Å². The highest BCUT2D eigenvalue weighted by atomic mass is 16.3. The third-order valence-electron chi connectivity index (χ3n) is 4.26. The molecule has 0 heterocycles. The summed E-state index contributed by atoms with van der Waals surface area (Å²) in [6.45, 7) is 10.1. The molecule has 1 heteroatoms. The molecule has 0 aliphatic rings. The van der Waals surface area contributed by atoms with E-state index in [1.807, 2.05) is 25.1 Å². The van der Waals surface area contributed by atoms with Crippen LogP contribution in [0.3, 0.4) is 0 Å². The van der Waals surface area contributed by atoms with Gasteiger partial charge < -0.3 is 5.11 Å². The lowest BCUT2D eigenvalue weighted by Crippen LogP contribution is -2.05. The number of phenolic OH excluding ortho intramolecular Hbond substituents is 1. The van der Waals surface area contributed by atoms with Gasteiger partial charge in [0.25, 0.3) is 0 Å². The quantitative estimate of drug-likeness (QED) is 0.296. The van der Waals surface area contributed by atoms with Gasteiger partial charge >= 0.3 is 0 Å². The summed E-state index contributed by atoms with van der Waals surface area (Å²) in [5.74, 6) is 0.993. The smallest absolute Gasteiger partial charge is 0.118 e. The van der Waals surface area contributed by atoms with Crippen LogP contribution >= 0.6 is 0 Å². The van der Waals surface area contributed by atoms with Crippen LogP contribution in [-0.4, -0.2) is 5.11 Å². The monoisotopic (exact) mass is 312 g/mol. The number of phenols is 1. The SMILES string of the molecule is C=CCC/C=C(\C=C/C)C(CCC)CCc1ccc(O)c(C)c1. The molecule has 0 aromatic heterocycles. The van der Waals surface area contributed by atoms with E-state index in [0.717, 1.165) is 31.2 Å². The first-order valence-electron chi connectivity index (χ1n) is 8.84. The van der Waals surface area contributed by atoms with Crippen LogP contribution in [0, 0.1) is 12.8 Å². The molecule has 0 aliphatic carbocycles. The summed E-state index contributed by atoms with van der Waals surface area (Å²) in [4.78, 5) is 0. The van der Waals surface area contributed by atoms with Crippen molar-refractivity contribution >= 4 is 0 Å². The average molecular weight is 312 g/mol. The predicted molar refractivity (Wildman–Crippen MR) is 102 cm³/mol. The fourth-order valence-corrected chi connectivity index (χ4v) is 2.97. The molecule has 126 valence electrons.